The number of anilines is 1. The molecule has 0 spiro atoms. The number of hydrogen-bond donors (Lipinski definition) is 1. The van der Waals surface area contributed by atoms with Crippen LogP contribution in [0.4, 0.5) is 5.13 Å². The number of thioether (sulfide) groups is 1. The van der Waals surface area contributed by atoms with E-state index in [-0.39, 0.29) is 18.3 Å². The molecule has 0 radical (unpaired) electrons. The molecule has 0 saturated carbocycles. The Morgan fingerprint density at radius 2 is 2.00 bits per heavy atom. The third-order valence-electron chi connectivity index (χ3n) is 4.58. The van der Waals surface area contributed by atoms with Gasteiger partial charge in [0.15, 0.2) is 16.1 Å². The van der Waals surface area contributed by atoms with Gasteiger partial charge >= 0.3 is 0 Å². The van der Waals surface area contributed by atoms with Crippen LogP contribution in [0.25, 0.3) is 11.3 Å². The van der Waals surface area contributed by atoms with Crippen molar-refractivity contribution in [3.63, 3.8) is 0 Å². The minimum atomic E-state index is -0.189. The fraction of sp³-hybridized carbons (Fsp3) is 0.182. The predicted molar refractivity (Wildman–Crippen MR) is 141 cm³/mol. The molecule has 4 aromatic rings. The van der Waals surface area contributed by atoms with Crippen molar-refractivity contribution in [1.82, 2.24) is 19.7 Å². The highest BCUT2D eigenvalue weighted by atomic mass is 79.9. The molecular formula is C22H18BrCl2N5O2S2. The molecule has 0 aliphatic carbocycles. The standard InChI is InChI=1S/C22H18BrCl2N5O2S2/c1-2-30-19(10-32-15-6-3-13(23)4-7-15)28-29-22(30)34-12-20(31)27-21-26-18(11-33-21)16-8-5-14(24)9-17(16)25/h3-9,11H,2,10,12H2,1H3,(H,26,27,31). The zero-order chi connectivity index (χ0) is 24.1. The van der Waals surface area contributed by atoms with Gasteiger partial charge in [-0.15, -0.1) is 21.5 Å². The third kappa shape index (κ3) is 6.31. The average molecular weight is 599 g/mol. The maximum absolute atomic E-state index is 12.5. The van der Waals surface area contributed by atoms with Gasteiger partial charge in [0.2, 0.25) is 5.91 Å². The van der Waals surface area contributed by atoms with Crippen molar-refractivity contribution in [2.24, 2.45) is 0 Å². The van der Waals surface area contributed by atoms with E-state index < -0.39 is 0 Å². The smallest absolute Gasteiger partial charge is 0.236 e. The van der Waals surface area contributed by atoms with Gasteiger partial charge in [0.05, 0.1) is 16.5 Å². The summed E-state index contributed by atoms with van der Waals surface area (Å²) in [5.74, 6) is 1.41. The third-order valence-corrected chi connectivity index (χ3v) is 7.38. The van der Waals surface area contributed by atoms with Crippen molar-refractivity contribution in [3.8, 4) is 17.0 Å². The molecule has 2 aromatic carbocycles. The first-order chi connectivity index (χ1) is 16.4. The molecule has 0 unspecified atom stereocenters. The Hall–Kier alpha value is -2.11. The van der Waals surface area contributed by atoms with Crippen LogP contribution < -0.4 is 10.1 Å². The van der Waals surface area contributed by atoms with Crippen LogP contribution in [-0.4, -0.2) is 31.4 Å². The Labute approximate surface area is 223 Å². The quantitative estimate of drug-likeness (QED) is 0.213. The molecule has 1 amide bonds. The molecule has 1 N–H and O–H groups in total. The number of carbonyl (C=O) groups is 1. The molecule has 0 aliphatic rings. The number of benzene rings is 2. The number of carbonyl (C=O) groups excluding carboxylic acids is 1. The fourth-order valence-electron chi connectivity index (χ4n) is 2.97. The Balaban J connectivity index is 1.33. The summed E-state index contributed by atoms with van der Waals surface area (Å²) in [5.41, 5.74) is 1.43. The molecule has 4 rings (SSSR count). The van der Waals surface area contributed by atoms with Gasteiger partial charge in [-0.25, -0.2) is 4.98 Å². The van der Waals surface area contributed by atoms with Crippen LogP contribution in [0.3, 0.4) is 0 Å². The summed E-state index contributed by atoms with van der Waals surface area (Å²) in [6.45, 7) is 2.94. The predicted octanol–water partition coefficient (Wildman–Crippen LogP) is 6.80. The molecule has 2 aromatic heterocycles. The Bertz CT molecular complexity index is 1300. The summed E-state index contributed by atoms with van der Waals surface area (Å²) in [7, 11) is 0. The minimum Gasteiger partial charge on any atom is -0.486 e. The van der Waals surface area contributed by atoms with Gasteiger partial charge in [-0.2, -0.15) is 0 Å². The molecular weight excluding hydrogens is 581 g/mol. The van der Waals surface area contributed by atoms with Crippen LogP contribution in [0.1, 0.15) is 12.7 Å². The number of hydrogen-bond acceptors (Lipinski definition) is 7. The Morgan fingerprint density at radius 1 is 1.21 bits per heavy atom. The van der Waals surface area contributed by atoms with Crippen molar-refractivity contribution in [1.29, 1.82) is 0 Å². The van der Waals surface area contributed by atoms with Gasteiger partial charge in [0.25, 0.3) is 0 Å². The van der Waals surface area contributed by atoms with E-state index in [0.717, 1.165) is 15.8 Å². The van der Waals surface area contributed by atoms with Crippen molar-refractivity contribution >= 4 is 73.3 Å². The van der Waals surface area contributed by atoms with Crippen LogP contribution in [0, 0.1) is 0 Å². The zero-order valence-corrected chi connectivity index (χ0v) is 22.5. The van der Waals surface area contributed by atoms with Crippen LogP contribution in [0.15, 0.2) is 57.5 Å². The Kier molecular flexibility index (Phi) is 8.49. The molecule has 0 bridgehead atoms. The van der Waals surface area contributed by atoms with E-state index in [9.17, 15) is 4.79 Å². The lowest BCUT2D eigenvalue weighted by atomic mass is 10.2. The second-order valence-electron chi connectivity index (χ2n) is 6.88. The highest BCUT2D eigenvalue weighted by molar-refractivity contribution is 9.10. The van der Waals surface area contributed by atoms with E-state index in [1.165, 1.54) is 23.1 Å². The summed E-state index contributed by atoms with van der Waals surface area (Å²) >= 11 is 18.2. The number of aromatic nitrogens is 4. The van der Waals surface area contributed by atoms with Gasteiger partial charge < -0.3 is 14.6 Å². The first kappa shape index (κ1) is 25.0. The van der Waals surface area contributed by atoms with Gasteiger partial charge in [-0.3, -0.25) is 4.79 Å². The average Bonchev–Trinajstić information content (AvgIpc) is 3.43. The van der Waals surface area contributed by atoms with Gasteiger partial charge in [-0.05, 0) is 49.4 Å². The molecule has 0 saturated heterocycles. The highest BCUT2D eigenvalue weighted by Gasteiger charge is 2.15. The molecule has 7 nitrogen and oxygen atoms in total. The monoisotopic (exact) mass is 597 g/mol. The van der Waals surface area contributed by atoms with Crippen LogP contribution in [-0.2, 0) is 17.9 Å². The van der Waals surface area contributed by atoms with E-state index >= 15 is 0 Å². The van der Waals surface area contributed by atoms with Crippen LogP contribution in [0.2, 0.25) is 10.0 Å². The number of nitrogens with one attached hydrogen (secondary N) is 1. The van der Waals surface area contributed by atoms with Crippen LogP contribution >= 0.6 is 62.2 Å². The molecule has 0 fully saturated rings. The van der Waals surface area contributed by atoms with E-state index in [2.05, 4.69) is 36.4 Å². The first-order valence-corrected chi connectivity index (χ1v) is 13.5. The second-order valence-corrected chi connectivity index (χ2v) is 10.4. The maximum atomic E-state index is 12.5. The number of rotatable bonds is 9. The lowest BCUT2D eigenvalue weighted by molar-refractivity contribution is -0.113. The van der Waals surface area contributed by atoms with Crippen molar-refractivity contribution in [2.45, 2.75) is 25.2 Å². The summed E-state index contributed by atoms with van der Waals surface area (Å²) < 4.78 is 8.72. The molecule has 0 atom stereocenters. The van der Waals surface area contributed by atoms with Gasteiger partial charge in [0.1, 0.15) is 12.4 Å². The van der Waals surface area contributed by atoms with E-state index in [0.29, 0.717) is 38.4 Å². The summed E-state index contributed by atoms with van der Waals surface area (Å²) in [4.78, 5) is 17.0. The van der Waals surface area contributed by atoms with Crippen molar-refractivity contribution < 1.29 is 9.53 Å². The second kappa shape index (κ2) is 11.5. The first-order valence-electron chi connectivity index (χ1n) is 10.1. The molecule has 34 heavy (non-hydrogen) atoms. The SMILES string of the molecule is CCn1c(COc2ccc(Br)cc2)nnc1SCC(=O)Nc1nc(-c2ccc(Cl)cc2Cl)cs1. The largest absolute Gasteiger partial charge is 0.486 e. The minimum absolute atomic E-state index is 0.169. The van der Waals surface area contributed by atoms with Gasteiger partial charge in [-0.1, -0.05) is 50.9 Å². The van der Waals surface area contributed by atoms with E-state index in [4.69, 9.17) is 27.9 Å². The number of halogens is 3. The van der Waals surface area contributed by atoms with Gasteiger partial charge in [0, 0.05) is 27.0 Å². The number of nitrogens with zero attached hydrogens (tertiary/aromatic N) is 4. The van der Waals surface area contributed by atoms with Crippen LogP contribution in [0.5, 0.6) is 5.75 Å². The lowest BCUT2D eigenvalue weighted by Gasteiger charge is -2.09. The zero-order valence-electron chi connectivity index (χ0n) is 17.8. The summed E-state index contributed by atoms with van der Waals surface area (Å²) in [6.07, 6.45) is 0. The molecule has 176 valence electrons. The summed E-state index contributed by atoms with van der Waals surface area (Å²) in [6, 6.07) is 12.8. The number of ether oxygens (including phenoxy) is 1. The molecule has 12 heteroatoms. The van der Waals surface area contributed by atoms with E-state index in [1.54, 1.807) is 18.2 Å². The molecule has 2 heterocycles. The number of amides is 1. The highest BCUT2D eigenvalue weighted by Crippen LogP contribution is 2.32. The normalized spacial score (nSPS) is 10.9. The topological polar surface area (TPSA) is 81.9 Å². The maximum Gasteiger partial charge on any atom is 0.236 e. The van der Waals surface area contributed by atoms with E-state index in [1.807, 2.05) is 41.1 Å². The summed E-state index contributed by atoms with van der Waals surface area (Å²) in [5, 5.41) is 15.3. The Morgan fingerprint density at radius 3 is 2.74 bits per heavy atom. The number of thiazole rings is 1. The fourth-order valence-corrected chi connectivity index (χ4v) is 5.28. The lowest BCUT2D eigenvalue weighted by Crippen LogP contribution is -2.14. The van der Waals surface area contributed by atoms with Crippen molar-refractivity contribution in [3.05, 3.63) is 68.2 Å². The molecule has 0 aliphatic heterocycles. The van der Waals surface area contributed by atoms with Crippen molar-refractivity contribution in [2.75, 3.05) is 11.1 Å².